The molecule has 2 unspecified atom stereocenters. The Bertz CT molecular complexity index is 374. The lowest BCUT2D eigenvalue weighted by atomic mass is 10.3. The van der Waals surface area contributed by atoms with Crippen LogP contribution in [0.2, 0.25) is 0 Å². The average Bonchev–Trinajstić information content (AvgIpc) is 2.40. The number of nitrogens with two attached hydrogens (primary N) is 1. The van der Waals surface area contributed by atoms with Gasteiger partial charge in [-0.05, 0) is 26.0 Å². The van der Waals surface area contributed by atoms with Crippen LogP contribution < -0.4 is 10.3 Å². The molecular formula is C13H20NO4P. The van der Waals surface area contributed by atoms with Gasteiger partial charge in [-0.3, -0.25) is 0 Å². The summed E-state index contributed by atoms with van der Waals surface area (Å²) in [6, 6.07) is 9.33. The molecule has 106 valence electrons. The average molecular weight is 285 g/mol. The molecule has 0 spiro atoms. The first-order chi connectivity index (χ1) is 9.17. The Morgan fingerprint density at radius 1 is 1.37 bits per heavy atom. The third-order valence-electron chi connectivity index (χ3n) is 2.16. The number of benzene rings is 1. The van der Waals surface area contributed by atoms with Crippen LogP contribution in [0.1, 0.15) is 13.8 Å². The minimum absolute atomic E-state index is 0.334. The van der Waals surface area contributed by atoms with Gasteiger partial charge in [-0.15, -0.1) is 0 Å². The molecule has 0 heterocycles. The maximum Gasteiger partial charge on any atom is 0.335 e. The highest BCUT2D eigenvalue weighted by Crippen LogP contribution is 2.40. The van der Waals surface area contributed by atoms with Gasteiger partial charge >= 0.3 is 5.97 Å². The predicted molar refractivity (Wildman–Crippen MR) is 75.1 cm³/mol. The molecule has 5 nitrogen and oxygen atoms in total. The number of ether oxygens (including phenoxy) is 1. The van der Waals surface area contributed by atoms with Crippen molar-refractivity contribution >= 4 is 14.3 Å². The SMILES string of the molecule is CCOC(=O)C(C)OP(CCN)Oc1ccccc1. The van der Waals surface area contributed by atoms with Gasteiger partial charge in [0, 0.05) is 12.7 Å². The fourth-order valence-corrected chi connectivity index (χ4v) is 2.55. The maximum absolute atomic E-state index is 11.5. The van der Waals surface area contributed by atoms with Gasteiger partial charge < -0.3 is 19.5 Å². The number of esters is 1. The van der Waals surface area contributed by atoms with Gasteiger partial charge in [0.25, 0.3) is 0 Å². The van der Waals surface area contributed by atoms with Crippen molar-refractivity contribution in [1.29, 1.82) is 0 Å². The Balaban J connectivity index is 2.55. The zero-order valence-corrected chi connectivity index (χ0v) is 12.1. The smallest absolute Gasteiger partial charge is 0.335 e. The Hall–Kier alpha value is -1.16. The Kier molecular flexibility index (Phi) is 7.41. The summed E-state index contributed by atoms with van der Waals surface area (Å²) in [5.41, 5.74) is 5.53. The number of rotatable bonds is 8. The van der Waals surface area contributed by atoms with Crippen molar-refractivity contribution in [1.82, 2.24) is 0 Å². The molecule has 1 aromatic carbocycles. The van der Waals surface area contributed by atoms with Gasteiger partial charge in [0.1, 0.15) is 5.75 Å². The van der Waals surface area contributed by atoms with Crippen LogP contribution in [-0.2, 0) is 14.1 Å². The van der Waals surface area contributed by atoms with Crippen LogP contribution in [-0.4, -0.2) is 31.4 Å². The van der Waals surface area contributed by atoms with Crippen LogP contribution in [0.5, 0.6) is 5.75 Å². The maximum atomic E-state index is 11.5. The van der Waals surface area contributed by atoms with Gasteiger partial charge in [0.05, 0.1) is 6.61 Å². The van der Waals surface area contributed by atoms with Gasteiger partial charge in [-0.25, -0.2) is 4.79 Å². The van der Waals surface area contributed by atoms with Crippen LogP contribution in [0.15, 0.2) is 30.3 Å². The van der Waals surface area contributed by atoms with Gasteiger partial charge in [0.2, 0.25) is 8.38 Å². The zero-order chi connectivity index (χ0) is 14.1. The first-order valence-electron chi connectivity index (χ1n) is 6.21. The minimum Gasteiger partial charge on any atom is -0.464 e. The van der Waals surface area contributed by atoms with E-state index in [0.717, 1.165) is 0 Å². The number of carbonyl (C=O) groups excluding carboxylic acids is 1. The van der Waals surface area contributed by atoms with E-state index in [0.29, 0.717) is 25.1 Å². The summed E-state index contributed by atoms with van der Waals surface area (Å²) < 4.78 is 16.2. The lowest BCUT2D eigenvalue weighted by molar-refractivity contribution is -0.150. The molecule has 2 atom stereocenters. The van der Waals surface area contributed by atoms with E-state index in [1.165, 1.54) is 0 Å². The molecule has 1 aromatic rings. The van der Waals surface area contributed by atoms with Crippen LogP contribution in [0, 0.1) is 0 Å². The fourth-order valence-electron chi connectivity index (χ4n) is 1.30. The molecular weight excluding hydrogens is 265 g/mol. The summed E-state index contributed by atoms with van der Waals surface area (Å²) in [6.07, 6.45) is -0.0881. The second-order valence-corrected chi connectivity index (χ2v) is 5.26. The molecule has 2 N–H and O–H groups in total. The molecule has 19 heavy (non-hydrogen) atoms. The van der Waals surface area contributed by atoms with E-state index in [1.807, 2.05) is 30.3 Å². The van der Waals surface area contributed by atoms with Gasteiger partial charge in [-0.1, -0.05) is 18.2 Å². The summed E-state index contributed by atoms with van der Waals surface area (Å²) in [7, 11) is -1.25. The molecule has 6 heteroatoms. The summed E-state index contributed by atoms with van der Waals surface area (Å²) in [5, 5.41) is 0. The molecule has 0 bridgehead atoms. The quantitative estimate of drug-likeness (QED) is 0.586. The molecule has 0 aliphatic carbocycles. The van der Waals surface area contributed by atoms with Gasteiger partial charge in [0.15, 0.2) is 6.10 Å². The fraction of sp³-hybridized carbons (Fsp3) is 0.462. The summed E-state index contributed by atoms with van der Waals surface area (Å²) >= 11 is 0. The number of hydrogen-bond donors (Lipinski definition) is 1. The molecule has 0 saturated carbocycles. The lowest BCUT2D eigenvalue weighted by Crippen LogP contribution is -2.23. The van der Waals surface area contributed by atoms with Crippen molar-refractivity contribution in [2.75, 3.05) is 19.3 Å². The molecule has 0 aliphatic heterocycles. The van der Waals surface area contributed by atoms with E-state index in [2.05, 4.69) is 0 Å². The highest BCUT2D eigenvalue weighted by molar-refractivity contribution is 7.47. The van der Waals surface area contributed by atoms with Crippen LogP contribution in [0.25, 0.3) is 0 Å². The van der Waals surface area contributed by atoms with Crippen molar-refractivity contribution in [3.05, 3.63) is 30.3 Å². The molecule has 1 rings (SSSR count). The Labute approximate surface area is 115 Å². The van der Waals surface area contributed by atoms with Crippen molar-refractivity contribution < 1.29 is 18.6 Å². The van der Waals surface area contributed by atoms with E-state index in [1.54, 1.807) is 13.8 Å². The normalized spacial score (nSPS) is 13.6. The number of hydrogen-bond acceptors (Lipinski definition) is 5. The summed E-state index contributed by atoms with van der Waals surface area (Å²) in [4.78, 5) is 11.5. The minimum atomic E-state index is -1.25. The lowest BCUT2D eigenvalue weighted by Gasteiger charge is -2.20. The van der Waals surface area contributed by atoms with E-state index < -0.39 is 14.5 Å². The molecule has 0 amide bonds. The second-order valence-electron chi connectivity index (χ2n) is 3.75. The summed E-state index contributed by atoms with van der Waals surface area (Å²) in [5.74, 6) is 0.321. The van der Waals surface area contributed by atoms with Gasteiger partial charge in [-0.2, -0.15) is 0 Å². The van der Waals surface area contributed by atoms with Crippen LogP contribution in [0.4, 0.5) is 0 Å². The zero-order valence-electron chi connectivity index (χ0n) is 11.2. The summed E-state index contributed by atoms with van der Waals surface area (Å²) in [6.45, 7) is 4.18. The van der Waals surface area contributed by atoms with Crippen molar-refractivity contribution in [3.63, 3.8) is 0 Å². The third kappa shape index (κ3) is 6.01. The molecule has 0 aliphatic rings. The molecule has 0 fully saturated rings. The first kappa shape index (κ1) is 15.9. The van der Waals surface area contributed by atoms with E-state index in [-0.39, 0.29) is 5.97 Å². The highest BCUT2D eigenvalue weighted by Gasteiger charge is 2.22. The Morgan fingerprint density at radius 2 is 2.05 bits per heavy atom. The predicted octanol–water partition coefficient (Wildman–Crippen LogP) is 2.30. The van der Waals surface area contributed by atoms with E-state index in [9.17, 15) is 4.79 Å². The second kappa shape index (κ2) is 8.86. The van der Waals surface area contributed by atoms with Crippen molar-refractivity contribution in [2.24, 2.45) is 5.73 Å². The molecule has 0 saturated heterocycles. The molecule has 0 aromatic heterocycles. The standard InChI is InChI=1S/C13H20NO4P/c1-3-16-13(15)11(2)17-19(10-9-14)18-12-7-5-4-6-8-12/h4-8,11H,3,9-10,14H2,1-2H3. The first-order valence-corrected chi connectivity index (χ1v) is 7.57. The van der Waals surface area contributed by atoms with Crippen LogP contribution >= 0.6 is 8.38 Å². The van der Waals surface area contributed by atoms with E-state index >= 15 is 0 Å². The Morgan fingerprint density at radius 3 is 2.63 bits per heavy atom. The van der Waals surface area contributed by atoms with E-state index in [4.69, 9.17) is 19.5 Å². The number of para-hydroxylation sites is 1. The largest absolute Gasteiger partial charge is 0.464 e. The number of carbonyl (C=O) groups is 1. The monoisotopic (exact) mass is 285 g/mol. The van der Waals surface area contributed by atoms with Crippen molar-refractivity contribution in [2.45, 2.75) is 20.0 Å². The molecule has 0 radical (unpaired) electrons. The van der Waals surface area contributed by atoms with Crippen molar-refractivity contribution in [3.8, 4) is 5.75 Å². The van der Waals surface area contributed by atoms with Crippen LogP contribution in [0.3, 0.4) is 0 Å². The topological polar surface area (TPSA) is 70.8 Å². The highest BCUT2D eigenvalue weighted by atomic mass is 31.2. The third-order valence-corrected chi connectivity index (χ3v) is 3.75.